The molecule has 0 fully saturated rings. The molecule has 4 heteroatoms. The summed E-state index contributed by atoms with van der Waals surface area (Å²) in [6.45, 7) is 2.14. The Labute approximate surface area is 125 Å². The summed E-state index contributed by atoms with van der Waals surface area (Å²) in [5.74, 6) is 1.60. The summed E-state index contributed by atoms with van der Waals surface area (Å²) >= 11 is 0. The van der Waals surface area contributed by atoms with Crippen LogP contribution in [0.1, 0.15) is 37.6 Å². The molecule has 0 radical (unpaired) electrons. The van der Waals surface area contributed by atoms with Gasteiger partial charge in [0.25, 0.3) is 0 Å². The molecule has 0 aliphatic heterocycles. The Balaban J connectivity index is 2.45. The van der Waals surface area contributed by atoms with Crippen LogP contribution in [0.25, 0.3) is 0 Å². The van der Waals surface area contributed by atoms with Crippen molar-refractivity contribution in [1.82, 2.24) is 9.97 Å². The number of aromatic amines is 1. The van der Waals surface area contributed by atoms with Crippen molar-refractivity contribution in [3.63, 3.8) is 0 Å². The summed E-state index contributed by atoms with van der Waals surface area (Å²) in [5, 5.41) is 9.93. The maximum atomic E-state index is 9.93. The highest BCUT2D eigenvalue weighted by Crippen LogP contribution is 2.38. The number of unbranched alkanes of at least 4 members (excludes halogenated alkanes) is 1. The molecule has 0 bridgehead atoms. The lowest BCUT2D eigenvalue weighted by atomic mass is 9.74. The van der Waals surface area contributed by atoms with Crippen LogP contribution in [0.5, 0.6) is 5.75 Å². The fraction of sp³-hybridized carbons (Fsp3) is 0.412. The fourth-order valence-electron chi connectivity index (χ4n) is 2.67. The minimum Gasteiger partial charge on any atom is -0.496 e. The molecular formula is C17H21N3O. The van der Waals surface area contributed by atoms with E-state index >= 15 is 0 Å². The first-order chi connectivity index (χ1) is 10.3. The van der Waals surface area contributed by atoms with Gasteiger partial charge in [0, 0.05) is 24.4 Å². The van der Waals surface area contributed by atoms with E-state index in [1.165, 1.54) is 0 Å². The number of imidazole rings is 1. The summed E-state index contributed by atoms with van der Waals surface area (Å²) in [7, 11) is 1.65. The van der Waals surface area contributed by atoms with Crippen LogP contribution in [-0.2, 0) is 11.8 Å². The van der Waals surface area contributed by atoms with Gasteiger partial charge in [-0.3, -0.25) is 0 Å². The van der Waals surface area contributed by atoms with E-state index in [9.17, 15) is 5.26 Å². The fourth-order valence-corrected chi connectivity index (χ4v) is 2.67. The molecule has 1 unspecified atom stereocenters. The first kappa shape index (κ1) is 15.1. The molecule has 0 aliphatic carbocycles. The normalized spacial score (nSPS) is 13.4. The summed E-state index contributed by atoms with van der Waals surface area (Å²) in [6, 6.07) is 10.3. The molecule has 1 atom stereocenters. The zero-order chi connectivity index (χ0) is 15.1. The van der Waals surface area contributed by atoms with Gasteiger partial charge in [0.05, 0.1) is 18.6 Å². The van der Waals surface area contributed by atoms with Gasteiger partial charge in [0.15, 0.2) is 0 Å². The molecule has 0 saturated carbocycles. The van der Waals surface area contributed by atoms with Crippen LogP contribution in [-0.4, -0.2) is 17.1 Å². The van der Waals surface area contributed by atoms with E-state index in [-0.39, 0.29) is 0 Å². The second-order valence-electron chi connectivity index (χ2n) is 5.21. The maximum Gasteiger partial charge on any atom is 0.123 e. The van der Waals surface area contributed by atoms with Crippen LogP contribution in [0.3, 0.4) is 0 Å². The average molecular weight is 283 g/mol. The Morgan fingerprint density at radius 2 is 2.19 bits per heavy atom. The van der Waals surface area contributed by atoms with Crippen molar-refractivity contribution >= 4 is 0 Å². The maximum absolute atomic E-state index is 9.93. The first-order valence-corrected chi connectivity index (χ1v) is 7.28. The molecule has 2 rings (SSSR count). The number of H-pyrrole nitrogens is 1. The minimum absolute atomic E-state index is 0.566. The number of aromatic nitrogens is 2. The first-order valence-electron chi connectivity index (χ1n) is 7.28. The Morgan fingerprint density at radius 1 is 1.38 bits per heavy atom. The number of nitrogens with one attached hydrogen (secondary N) is 1. The number of benzene rings is 1. The van der Waals surface area contributed by atoms with Gasteiger partial charge in [0.2, 0.25) is 0 Å². The lowest BCUT2D eigenvalue weighted by molar-refractivity contribution is 0.385. The van der Waals surface area contributed by atoms with Gasteiger partial charge >= 0.3 is 0 Å². The van der Waals surface area contributed by atoms with E-state index in [0.29, 0.717) is 6.42 Å². The van der Waals surface area contributed by atoms with Crippen LogP contribution in [0, 0.1) is 11.3 Å². The summed E-state index contributed by atoms with van der Waals surface area (Å²) in [6.07, 6.45) is 6.92. The highest BCUT2D eigenvalue weighted by Gasteiger charge is 2.35. The van der Waals surface area contributed by atoms with Crippen LogP contribution in [0.4, 0.5) is 0 Å². The van der Waals surface area contributed by atoms with Gasteiger partial charge < -0.3 is 9.72 Å². The number of nitrogens with zero attached hydrogens (tertiary/aromatic N) is 2. The van der Waals surface area contributed by atoms with Crippen LogP contribution < -0.4 is 4.74 Å². The molecule has 1 N–H and O–H groups in total. The van der Waals surface area contributed by atoms with Crippen molar-refractivity contribution in [1.29, 1.82) is 5.26 Å². The number of methoxy groups -OCH3 is 1. The van der Waals surface area contributed by atoms with Crippen molar-refractivity contribution in [3.8, 4) is 11.8 Å². The Hall–Kier alpha value is -2.28. The molecule has 0 saturated heterocycles. The lowest BCUT2D eigenvalue weighted by Crippen LogP contribution is -2.28. The summed E-state index contributed by atoms with van der Waals surface area (Å²) < 4.78 is 5.47. The topological polar surface area (TPSA) is 61.7 Å². The third-order valence-corrected chi connectivity index (χ3v) is 3.82. The molecular weight excluding hydrogens is 262 g/mol. The largest absolute Gasteiger partial charge is 0.496 e. The number of hydrogen-bond donors (Lipinski definition) is 1. The Bertz CT molecular complexity index is 601. The molecule has 110 valence electrons. The highest BCUT2D eigenvalue weighted by atomic mass is 16.5. The average Bonchev–Trinajstić information content (AvgIpc) is 3.04. The van der Waals surface area contributed by atoms with Crippen LogP contribution >= 0.6 is 0 Å². The van der Waals surface area contributed by atoms with Gasteiger partial charge in [0.1, 0.15) is 11.6 Å². The molecule has 21 heavy (non-hydrogen) atoms. The second kappa shape index (κ2) is 6.94. The lowest BCUT2D eigenvalue weighted by Gasteiger charge is -2.28. The number of para-hydroxylation sites is 1. The monoisotopic (exact) mass is 283 g/mol. The summed E-state index contributed by atoms with van der Waals surface area (Å²) in [4.78, 5) is 7.40. The minimum atomic E-state index is -0.611. The van der Waals surface area contributed by atoms with Gasteiger partial charge in [-0.25, -0.2) is 4.98 Å². The SMILES string of the molecule is CCCCC(C#N)(Cc1ncc[nH]1)c1ccccc1OC. The van der Waals surface area contributed by atoms with Gasteiger partial charge in [-0.1, -0.05) is 38.0 Å². The molecule has 1 heterocycles. The van der Waals surface area contributed by atoms with E-state index in [1.807, 2.05) is 24.3 Å². The predicted molar refractivity (Wildman–Crippen MR) is 82.1 cm³/mol. The predicted octanol–water partition coefficient (Wildman–Crippen LogP) is 3.61. The van der Waals surface area contributed by atoms with Crippen LogP contribution in [0.2, 0.25) is 0 Å². The number of nitriles is 1. The second-order valence-corrected chi connectivity index (χ2v) is 5.21. The molecule has 4 nitrogen and oxygen atoms in total. The number of rotatable bonds is 7. The van der Waals surface area contributed by atoms with E-state index in [2.05, 4.69) is 23.0 Å². The molecule has 1 aromatic carbocycles. The van der Waals surface area contributed by atoms with E-state index in [4.69, 9.17) is 4.74 Å². The van der Waals surface area contributed by atoms with Crippen molar-refractivity contribution < 1.29 is 4.74 Å². The third kappa shape index (κ3) is 3.25. The summed E-state index contributed by atoms with van der Waals surface area (Å²) in [5.41, 5.74) is 0.334. The molecule has 2 aromatic rings. The van der Waals surface area contributed by atoms with Gasteiger partial charge in [-0.2, -0.15) is 5.26 Å². The van der Waals surface area contributed by atoms with Crippen molar-refractivity contribution in [2.45, 2.75) is 38.0 Å². The third-order valence-electron chi connectivity index (χ3n) is 3.82. The van der Waals surface area contributed by atoms with E-state index in [0.717, 1.165) is 36.4 Å². The molecule has 1 aromatic heterocycles. The quantitative estimate of drug-likeness (QED) is 0.844. The van der Waals surface area contributed by atoms with E-state index in [1.54, 1.807) is 19.5 Å². The number of ether oxygens (including phenoxy) is 1. The molecule has 0 spiro atoms. The van der Waals surface area contributed by atoms with Crippen molar-refractivity contribution in [3.05, 3.63) is 48.0 Å². The Kier molecular flexibility index (Phi) is 4.99. The standard InChI is InChI=1S/C17H21N3O/c1-3-4-9-17(13-18,12-16-19-10-11-20-16)14-7-5-6-8-15(14)21-2/h5-8,10-11H,3-4,9,12H2,1-2H3,(H,19,20). The molecule has 0 aliphatic rings. The van der Waals surface area contributed by atoms with E-state index < -0.39 is 5.41 Å². The zero-order valence-corrected chi connectivity index (χ0v) is 12.6. The number of hydrogen-bond acceptors (Lipinski definition) is 3. The van der Waals surface area contributed by atoms with Crippen LogP contribution in [0.15, 0.2) is 36.7 Å². The smallest absolute Gasteiger partial charge is 0.123 e. The Morgan fingerprint density at radius 3 is 2.81 bits per heavy atom. The van der Waals surface area contributed by atoms with Gasteiger partial charge in [-0.05, 0) is 12.5 Å². The highest BCUT2D eigenvalue weighted by molar-refractivity contribution is 5.44. The molecule has 0 amide bonds. The van der Waals surface area contributed by atoms with Crippen molar-refractivity contribution in [2.75, 3.05) is 7.11 Å². The van der Waals surface area contributed by atoms with Crippen molar-refractivity contribution in [2.24, 2.45) is 0 Å². The zero-order valence-electron chi connectivity index (χ0n) is 12.6. The van der Waals surface area contributed by atoms with Gasteiger partial charge in [-0.15, -0.1) is 0 Å².